The minimum atomic E-state index is -0.0495. The van der Waals surface area contributed by atoms with Crippen molar-refractivity contribution in [2.24, 2.45) is 0 Å². The lowest BCUT2D eigenvalue weighted by Crippen LogP contribution is -2.54. The molecule has 0 bridgehead atoms. The molecule has 2 amide bonds. The first kappa shape index (κ1) is 10.0. The Kier molecular flexibility index (Phi) is 3.28. The highest BCUT2D eigenvalue weighted by molar-refractivity contribution is 5.92. The molecule has 1 fully saturated rings. The SMILES string of the molecule is CCC(CC)N1CC(=O)NCC1=O. The maximum atomic E-state index is 11.4. The van der Waals surface area contributed by atoms with Crippen molar-refractivity contribution in [1.29, 1.82) is 0 Å². The van der Waals surface area contributed by atoms with Gasteiger partial charge in [0, 0.05) is 6.04 Å². The van der Waals surface area contributed by atoms with E-state index in [-0.39, 0.29) is 30.9 Å². The van der Waals surface area contributed by atoms with Crippen molar-refractivity contribution < 1.29 is 9.59 Å². The summed E-state index contributed by atoms with van der Waals surface area (Å²) in [6.07, 6.45) is 1.82. The van der Waals surface area contributed by atoms with Crippen LogP contribution in [0.15, 0.2) is 0 Å². The second-order valence-corrected chi connectivity index (χ2v) is 3.27. The van der Waals surface area contributed by atoms with Crippen LogP contribution in [0, 0.1) is 0 Å². The first-order valence-corrected chi connectivity index (χ1v) is 4.75. The largest absolute Gasteiger partial charge is 0.345 e. The molecule has 1 saturated heterocycles. The molecular weight excluding hydrogens is 168 g/mol. The maximum Gasteiger partial charge on any atom is 0.242 e. The van der Waals surface area contributed by atoms with Gasteiger partial charge in [0.15, 0.2) is 0 Å². The normalized spacial score (nSPS) is 17.9. The van der Waals surface area contributed by atoms with Gasteiger partial charge < -0.3 is 10.2 Å². The van der Waals surface area contributed by atoms with Crippen LogP contribution in [-0.2, 0) is 9.59 Å². The Bertz CT molecular complexity index is 212. The molecule has 0 radical (unpaired) electrons. The Morgan fingerprint density at radius 3 is 2.54 bits per heavy atom. The van der Waals surface area contributed by atoms with Crippen LogP contribution in [0.2, 0.25) is 0 Å². The summed E-state index contributed by atoms with van der Waals surface area (Å²) in [5, 5.41) is 2.53. The quantitative estimate of drug-likeness (QED) is 0.678. The zero-order chi connectivity index (χ0) is 9.84. The van der Waals surface area contributed by atoms with Crippen LogP contribution in [0.4, 0.5) is 0 Å². The number of nitrogens with zero attached hydrogens (tertiary/aromatic N) is 1. The van der Waals surface area contributed by atoms with E-state index in [9.17, 15) is 9.59 Å². The molecule has 0 unspecified atom stereocenters. The molecule has 0 aliphatic carbocycles. The second kappa shape index (κ2) is 4.25. The third kappa shape index (κ3) is 2.20. The summed E-state index contributed by atoms with van der Waals surface area (Å²) in [5.74, 6) is -0.0141. The fraction of sp³-hybridized carbons (Fsp3) is 0.778. The summed E-state index contributed by atoms with van der Waals surface area (Å²) < 4.78 is 0. The van der Waals surface area contributed by atoms with Crippen molar-refractivity contribution in [2.75, 3.05) is 13.1 Å². The van der Waals surface area contributed by atoms with Gasteiger partial charge in [0.2, 0.25) is 11.8 Å². The predicted molar refractivity (Wildman–Crippen MR) is 49.1 cm³/mol. The van der Waals surface area contributed by atoms with Gasteiger partial charge in [-0.1, -0.05) is 13.8 Å². The summed E-state index contributed by atoms with van der Waals surface area (Å²) in [6.45, 7) is 4.46. The number of rotatable bonds is 3. The molecule has 4 heteroatoms. The van der Waals surface area contributed by atoms with Crippen LogP contribution in [0.1, 0.15) is 26.7 Å². The third-order valence-electron chi connectivity index (χ3n) is 2.45. The molecule has 1 heterocycles. The Morgan fingerprint density at radius 1 is 1.38 bits per heavy atom. The second-order valence-electron chi connectivity index (χ2n) is 3.27. The minimum Gasteiger partial charge on any atom is -0.345 e. The van der Waals surface area contributed by atoms with Gasteiger partial charge in [0.05, 0.1) is 13.1 Å². The molecule has 13 heavy (non-hydrogen) atoms. The lowest BCUT2D eigenvalue weighted by molar-refractivity contribution is -0.143. The van der Waals surface area contributed by atoms with Gasteiger partial charge in [0.1, 0.15) is 0 Å². The first-order valence-electron chi connectivity index (χ1n) is 4.75. The zero-order valence-electron chi connectivity index (χ0n) is 8.17. The topological polar surface area (TPSA) is 49.4 Å². The number of piperazine rings is 1. The van der Waals surface area contributed by atoms with Crippen LogP contribution in [0.5, 0.6) is 0 Å². The van der Waals surface area contributed by atoms with E-state index in [4.69, 9.17) is 0 Å². The Labute approximate surface area is 78.3 Å². The van der Waals surface area contributed by atoms with E-state index in [0.717, 1.165) is 12.8 Å². The number of carbonyl (C=O) groups is 2. The van der Waals surface area contributed by atoms with E-state index in [1.165, 1.54) is 0 Å². The average Bonchev–Trinajstić information content (AvgIpc) is 2.13. The highest BCUT2D eigenvalue weighted by Gasteiger charge is 2.27. The summed E-state index contributed by atoms with van der Waals surface area (Å²) in [4.78, 5) is 24.1. The van der Waals surface area contributed by atoms with Crippen LogP contribution in [0.25, 0.3) is 0 Å². The van der Waals surface area contributed by atoms with Crippen molar-refractivity contribution in [3.63, 3.8) is 0 Å². The maximum absolute atomic E-state index is 11.4. The number of hydrogen-bond acceptors (Lipinski definition) is 2. The molecule has 0 saturated carbocycles. The minimum absolute atomic E-state index is 0.0355. The molecule has 74 valence electrons. The van der Waals surface area contributed by atoms with E-state index in [1.807, 2.05) is 13.8 Å². The van der Waals surface area contributed by atoms with Crippen LogP contribution < -0.4 is 5.32 Å². The van der Waals surface area contributed by atoms with Crippen molar-refractivity contribution in [3.05, 3.63) is 0 Å². The number of nitrogens with one attached hydrogen (secondary N) is 1. The molecule has 1 aliphatic rings. The van der Waals surface area contributed by atoms with Crippen molar-refractivity contribution in [2.45, 2.75) is 32.7 Å². The van der Waals surface area contributed by atoms with E-state index in [0.29, 0.717) is 0 Å². The molecule has 0 aromatic heterocycles. The lowest BCUT2D eigenvalue weighted by Gasteiger charge is -2.33. The molecule has 1 N–H and O–H groups in total. The standard InChI is InChI=1S/C9H16N2O2/c1-3-7(4-2)11-6-8(12)10-5-9(11)13/h7H,3-6H2,1-2H3,(H,10,12). The Morgan fingerprint density at radius 2 is 2.00 bits per heavy atom. The third-order valence-corrected chi connectivity index (χ3v) is 2.45. The van der Waals surface area contributed by atoms with E-state index >= 15 is 0 Å². The van der Waals surface area contributed by atoms with Crippen molar-refractivity contribution >= 4 is 11.8 Å². The summed E-state index contributed by atoms with van der Waals surface area (Å²) in [5.41, 5.74) is 0. The van der Waals surface area contributed by atoms with Crippen LogP contribution >= 0.6 is 0 Å². The van der Waals surface area contributed by atoms with Crippen molar-refractivity contribution in [1.82, 2.24) is 10.2 Å². The molecule has 0 spiro atoms. The smallest absolute Gasteiger partial charge is 0.242 e. The van der Waals surface area contributed by atoms with Gasteiger partial charge in [-0.3, -0.25) is 9.59 Å². The van der Waals surface area contributed by atoms with E-state index < -0.39 is 0 Å². The molecule has 1 aliphatic heterocycles. The number of carbonyl (C=O) groups excluding carboxylic acids is 2. The van der Waals surface area contributed by atoms with Gasteiger partial charge in [-0.2, -0.15) is 0 Å². The van der Waals surface area contributed by atoms with Gasteiger partial charge in [-0.25, -0.2) is 0 Å². The van der Waals surface area contributed by atoms with Gasteiger partial charge in [0.25, 0.3) is 0 Å². The number of amides is 2. The molecule has 4 nitrogen and oxygen atoms in total. The Balaban J connectivity index is 2.63. The fourth-order valence-corrected chi connectivity index (χ4v) is 1.64. The first-order chi connectivity index (χ1) is 6.19. The molecule has 0 aromatic rings. The van der Waals surface area contributed by atoms with Gasteiger partial charge >= 0.3 is 0 Å². The van der Waals surface area contributed by atoms with Crippen LogP contribution in [-0.4, -0.2) is 35.8 Å². The van der Waals surface area contributed by atoms with E-state index in [1.54, 1.807) is 4.90 Å². The molecule has 0 aromatic carbocycles. The molecule has 1 rings (SSSR count). The van der Waals surface area contributed by atoms with Gasteiger partial charge in [-0.05, 0) is 12.8 Å². The Hall–Kier alpha value is -1.06. The monoisotopic (exact) mass is 184 g/mol. The average molecular weight is 184 g/mol. The molecular formula is C9H16N2O2. The summed E-state index contributed by atoms with van der Waals surface area (Å²) >= 11 is 0. The molecule has 0 atom stereocenters. The summed E-state index contributed by atoms with van der Waals surface area (Å²) in [6, 6.07) is 0.221. The van der Waals surface area contributed by atoms with Crippen molar-refractivity contribution in [3.8, 4) is 0 Å². The van der Waals surface area contributed by atoms with E-state index in [2.05, 4.69) is 5.32 Å². The highest BCUT2D eigenvalue weighted by Crippen LogP contribution is 2.10. The zero-order valence-corrected chi connectivity index (χ0v) is 8.17. The van der Waals surface area contributed by atoms with Crippen LogP contribution in [0.3, 0.4) is 0 Å². The lowest BCUT2D eigenvalue weighted by atomic mass is 10.1. The highest BCUT2D eigenvalue weighted by atomic mass is 16.2. The fourth-order valence-electron chi connectivity index (χ4n) is 1.64. The predicted octanol–water partition coefficient (Wildman–Crippen LogP) is 0.133. The number of hydrogen-bond donors (Lipinski definition) is 1. The van der Waals surface area contributed by atoms with Gasteiger partial charge in [-0.15, -0.1) is 0 Å². The summed E-state index contributed by atoms with van der Waals surface area (Å²) in [7, 11) is 0.